The number of hydrogen-bond acceptors (Lipinski definition) is 5. The van der Waals surface area contributed by atoms with Crippen LogP contribution in [0.15, 0.2) is 0 Å². The number of carbonyl (C=O) groups is 3. The van der Waals surface area contributed by atoms with Crippen molar-refractivity contribution in [1.82, 2.24) is 5.32 Å². The highest BCUT2D eigenvalue weighted by Crippen LogP contribution is 2.60. The molecule has 1 amide bonds. The molecule has 4 bridgehead atoms. The first kappa shape index (κ1) is 18.2. The van der Waals surface area contributed by atoms with E-state index in [9.17, 15) is 14.4 Å². The van der Waals surface area contributed by atoms with Crippen LogP contribution in [0.2, 0.25) is 0 Å². The Balaban J connectivity index is 1.70. The van der Waals surface area contributed by atoms with Gasteiger partial charge >= 0.3 is 11.9 Å². The van der Waals surface area contributed by atoms with Gasteiger partial charge in [-0.25, -0.2) is 4.79 Å². The second kappa shape index (κ2) is 6.96. The molecule has 6 heteroatoms. The quantitative estimate of drug-likeness (QED) is 0.741. The standard InChI is InChI=1S/C19H29NO5/c1-11(16(21)24-2)4-15(17(22)25-3)20-18(23)19-8-12-5-13(9-19)7-14(6-12)10-19/h11-15H,4-10H2,1-3H3,(H,20,23)/t11-,12?,13?,14?,15+,19?/m1/s1. The Bertz CT molecular complexity index is 523. The Kier molecular flexibility index (Phi) is 5.07. The monoisotopic (exact) mass is 351 g/mol. The molecule has 4 fully saturated rings. The number of esters is 2. The average molecular weight is 351 g/mol. The minimum Gasteiger partial charge on any atom is -0.469 e. The zero-order valence-corrected chi connectivity index (χ0v) is 15.4. The molecule has 4 saturated carbocycles. The minimum atomic E-state index is -0.806. The van der Waals surface area contributed by atoms with Gasteiger partial charge in [-0.3, -0.25) is 9.59 Å². The zero-order valence-electron chi connectivity index (χ0n) is 15.4. The van der Waals surface area contributed by atoms with Crippen LogP contribution in [-0.2, 0) is 23.9 Å². The van der Waals surface area contributed by atoms with Gasteiger partial charge in [-0.2, -0.15) is 0 Å². The molecular formula is C19H29NO5. The van der Waals surface area contributed by atoms with Crippen molar-refractivity contribution in [2.24, 2.45) is 29.1 Å². The van der Waals surface area contributed by atoms with Crippen LogP contribution < -0.4 is 5.32 Å². The van der Waals surface area contributed by atoms with E-state index in [1.807, 2.05) is 0 Å². The third kappa shape index (κ3) is 3.53. The summed E-state index contributed by atoms with van der Waals surface area (Å²) in [6.45, 7) is 1.69. The molecule has 4 aliphatic carbocycles. The summed E-state index contributed by atoms with van der Waals surface area (Å²) in [5.74, 6) is 0.560. The second-order valence-corrected chi connectivity index (χ2v) is 8.41. The predicted molar refractivity (Wildman–Crippen MR) is 90.3 cm³/mol. The molecule has 0 aromatic heterocycles. The predicted octanol–water partition coefficient (Wildman–Crippen LogP) is 2.06. The molecule has 6 nitrogen and oxygen atoms in total. The molecule has 0 unspecified atom stereocenters. The second-order valence-electron chi connectivity index (χ2n) is 8.41. The van der Waals surface area contributed by atoms with E-state index in [1.54, 1.807) is 6.92 Å². The van der Waals surface area contributed by atoms with Crippen LogP contribution in [0, 0.1) is 29.1 Å². The van der Waals surface area contributed by atoms with Gasteiger partial charge in [-0.05, 0) is 62.7 Å². The van der Waals surface area contributed by atoms with E-state index in [0.29, 0.717) is 17.8 Å². The fourth-order valence-electron chi connectivity index (χ4n) is 5.71. The molecular weight excluding hydrogens is 322 g/mol. The minimum absolute atomic E-state index is 0.0286. The van der Waals surface area contributed by atoms with Gasteiger partial charge in [-0.15, -0.1) is 0 Å². The zero-order chi connectivity index (χ0) is 18.2. The van der Waals surface area contributed by atoms with Crippen molar-refractivity contribution in [2.45, 2.75) is 57.9 Å². The maximum Gasteiger partial charge on any atom is 0.328 e. The number of rotatable bonds is 6. The van der Waals surface area contributed by atoms with Gasteiger partial charge in [0.15, 0.2) is 0 Å². The van der Waals surface area contributed by atoms with Crippen molar-refractivity contribution in [3.05, 3.63) is 0 Å². The lowest BCUT2D eigenvalue weighted by Crippen LogP contribution is -2.56. The van der Waals surface area contributed by atoms with E-state index in [2.05, 4.69) is 5.32 Å². The summed E-state index contributed by atoms with van der Waals surface area (Å²) in [5.41, 5.74) is -0.324. The molecule has 0 spiro atoms. The van der Waals surface area contributed by atoms with Gasteiger partial charge in [0.25, 0.3) is 0 Å². The normalized spacial score (nSPS) is 34.9. The molecule has 4 rings (SSSR count). The van der Waals surface area contributed by atoms with Gasteiger partial charge in [0.05, 0.1) is 20.1 Å². The third-order valence-corrected chi connectivity index (χ3v) is 6.50. The van der Waals surface area contributed by atoms with E-state index < -0.39 is 23.9 Å². The maximum absolute atomic E-state index is 13.1. The summed E-state index contributed by atoms with van der Waals surface area (Å²) < 4.78 is 9.57. The van der Waals surface area contributed by atoms with E-state index in [1.165, 1.54) is 33.5 Å². The van der Waals surface area contributed by atoms with Crippen molar-refractivity contribution in [3.63, 3.8) is 0 Å². The molecule has 0 aromatic carbocycles. The molecule has 25 heavy (non-hydrogen) atoms. The number of amides is 1. The van der Waals surface area contributed by atoms with Crippen LogP contribution in [0.4, 0.5) is 0 Å². The summed E-state index contributed by atoms with van der Waals surface area (Å²) in [6, 6.07) is -0.806. The van der Waals surface area contributed by atoms with Crippen LogP contribution in [0.3, 0.4) is 0 Å². The maximum atomic E-state index is 13.1. The van der Waals surface area contributed by atoms with Crippen LogP contribution >= 0.6 is 0 Å². The molecule has 1 N–H and O–H groups in total. The van der Waals surface area contributed by atoms with Crippen LogP contribution in [0.5, 0.6) is 0 Å². The van der Waals surface area contributed by atoms with Crippen LogP contribution in [0.25, 0.3) is 0 Å². The number of nitrogens with one attached hydrogen (secondary N) is 1. The van der Waals surface area contributed by atoms with Gasteiger partial charge in [0, 0.05) is 5.41 Å². The van der Waals surface area contributed by atoms with Crippen molar-refractivity contribution in [3.8, 4) is 0 Å². The lowest BCUT2D eigenvalue weighted by molar-refractivity contribution is -0.154. The number of carbonyl (C=O) groups excluding carboxylic acids is 3. The SMILES string of the molecule is COC(=O)[C@H](C)C[C@H](NC(=O)C12CC3CC(CC(C3)C1)C2)C(=O)OC. The van der Waals surface area contributed by atoms with Gasteiger partial charge in [0.1, 0.15) is 6.04 Å². The molecule has 2 atom stereocenters. The Hall–Kier alpha value is -1.59. The highest BCUT2D eigenvalue weighted by atomic mass is 16.5. The van der Waals surface area contributed by atoms with E-state index in [4.69, 9.17) is 9.47 Å². The Morgan fingerprint density at radius 3 is 1.88 bits per heavy atom. The summed E-state index contributed by atoms with van der Waals surface area (Å²) in [4.78, 5) is 36.9. The topological polar surface area (TPSA) is 81.7 Å². The molecule has 140 valence electrons. The van der Waals surface area contributed by atoms with Crippen molar-refractivity contribution < 1.29 is 23.9 Å². The number of hydrogen-bond donors (Lipinski definition) is 1. The summed E-state index contributed by atoms with van der Waals surface area (Å²) >= 11 is 0. The van der Waals surface area contributed by atoms with Gasteiger partial charge in [0.2, 0.25) is 5.91 Å². The van der Waals surface area contributed by atoms with Crippen molar-refractivity contribution in [2.75, 3.05) is 14.2 Å². The number of ether oxygens (including phenoxy) is 2. The Labute approximate surface area is 149 Å². The van der Waals surface area contributed by atoms with Crippen LogP contribution in [0.1, 0.15) is 51.9 Å². The van der Waals surface area contributed by atoms with Crippen molar-refractivity contribution >= 4 is 17.8 Å². The first-order valence-electron chi connectivity index (χ1n) is 9.33. The summed E-state index contributed by atoms with van der Waals surface area (Å²) in [6.07, 6.45) is 6.77. The van der Waals surface area contributed by atoms with Gasteiger partial charge in [-0.1, -0.05) is 6.92 Å². The van der Waals surface area contributed by atoms with Crippen molar-refractivity contribution in [1.29, 1.82) is 0 Å². The average Bonchev–Trinajstić information content (AvgIpc) is 2.58. The smallest absolute Gasteiger partial charge is 0.328 e. The van der Waals surface area contributed by atoms with E-state index in [-0.39, 0.29) is 17.7 Å². The molecule has 0 radical (unpaired) electrons. The third-order valence-electron chi connectivity index (χ3n) is 6.50. The fourth-order valence-corrected chi connectivity index (χ4v) is 5.71. The van der Waals surface area contributed by atoms with E-state index in [0.717, 1.165) is 19.3 Å². The molecule has 4 aliphatic rings. The molecule has 0 aromatic rings. The van der Waals surface area contributed by atoms with E-state index >= 15 is 0 Å². The first-order chi connectivity index (χ1) is 11.9. The Morgan fingerprint density at radius 2 is 1.44 bits per heavy atom. The van der Waals surface area contributed by atoms with Gasteiger partial charge < -0.3 is 14.8 Å². The summed E-state index contributed by atoms with van der Waals surface area (Å²) in [5, 5.41) is 2.91. The van der Waals surface area contributed by atoms with Crippen LogP contribution in [-0.4, -0.2) is 38.1 Å². The largest absolute Gasteiger partial charge is 0.469 e. The summed E-state index contributed by atoms with van der Waals surface area (Å²) in [7, 11) is 2.62. The highest BCUT2D eigenvalue weighted by molar-refractivity contribution is 5.88. The molecule has 0 saturated heterocycles. The molecule has 0 heterocycles. The first-order valence-corrected chi connectivity index (χ1v) is 9.33. The molecule has 0 aliphatic heterocycles. The fraction of sp³-hybridized carbons (Fsp3) is 0.842. The lowest BCUT2D eigenvalue weighted by Gasteiger charge is -2.55. The Morgan fingerprint density at radius 1 is 0.960 bits per heavy atom. The number of methoxy groups -OCH3 is 2. The lowest BCUT2D eigenvalue weighted by atomic mass is 9.49. The highest BCUT2D eigenvalue weighted by Gasteiger charge is 2.55.